The molecule has 0 aliphatic heterocycles. The van der Waals surface area contributed by atoms with Crippen LogP contribution in [-0.4, -0.2) is 32.5 Å². The third-order valence-corrected chi connectivity index (χ3v) is 4.42. The van der Waals surface area contributed by atoms with Gasteiger partial charge in [0.15, 0.2) is 5.75 Å². The summed E-state index contributed by atoms with van der Waals surface area (Å²) in [5.74, 6) is 1.42. The van der Waals surface area contributed by atoms with Crippen molar-refractivity contribution in [2.45, 2.75) is 6.92 Å². The number of anilines is 3. The van der Waals surface area contributed by atoms with E-state index in [4.69, 9.17) is 9.47 Å². The van der Waals surface area contributed by atoms with Crippen LogP contribution in [0.2, 0.25) is 0 Å². The molecule has 0 unspecified atom stereocenters. The van der Waals surface area contributed by atoms with E-state index in [1.165, 1.54) is 14.0 Å². The molecular weight excluding hydrogens is 394 g/mol. The number of hydrogen-bond donors (Lipinski definition) is 2. The Morgan fingerprint density at radius 3 is 2.32 bits per heavy atom. The lowest BCUT2D eigenvalue weighted by molar-refractivity contribution is -0.115. The smallest absolute Gasteiger partial charge is 0.243 e. The Kier molecular flexibility index (Phi) is 7.11. The zero-order valence-electron chi connectivity index (χ0n) is 17.7. The van der Waals surface area contributed by atoms with Gasteiger partial charge in [0.25, 0.3) is 0 Å². The number of carbonyl (C=O) groups is 2. The first kappa shape index (κ1) is 21.7. The molecule has 0 saturated heterocycles. The van der Waals surface area contributed by atoms with E-state index in [2.05, 4.69) is 10.6 Å². The van der Waals surface area contributed by atoms with Gasteiger partial charge in [-0.25, -0.2) is 0 Å². The summed E-state index contributed by atoms with van der Waals surface area (Å²) in [4.78, 5) is 25.9. The van der Waals surface area contributed by atoms with Gasteiger partial charge >= 0.3 is 0 Å². The summed E-state index contributed by atoms with van der Waals surface area (Å²) in [7, 11) is 3.34. The molecule has 0 aliphatic carbocycles. The van der Waals surface area contributed by atoms with Crippen molar-refractivity contribution < 1.29 is 19.1 Å². The average molecular weight is 419 g/mol. The molecule has 2 N–H and O–H groups in total. The molecule has 7 nitrogen and oxygen atoms in total. The number of likely N-dealkylation sites (N-methyl/N-ethyl adjacent to an activating group) is 1. The van der Waals surface area contributed by atoms with Gasteiger partial charge in [0.05, 0.1) is 25.0 Å². The Balaban J connectivity index is 1.72. The lowest BCUT2D eigenvalue weighted by atomic mass is 10.2. The van der Waals surface area contributed by atoms with E-state index < -0.39 is 0 Å². The molecule has 3 rings (SSSR count). The normalized spacial score (nSPS) is 10.2. The fourth-order valence-electron chi connectivity index (χ4n) is 3.05. The van der Waals surface area contributed by atoms with E-state index in [0.29, 0.717) is 28.6 Å². The molecule has 0 bridgehead atoms. The SMILES string of the molecule is COc1ccc(NC(C)=O)cc1NC(=O)CN(C)c1ccccc1Oc1ccccc1. The lowest BCUT2D eigenvalue weighted by Gasteiger charge is -2.22. The first-order chi connectivity index (χ1) is 15.0. The van der Waals surface area contributed by atoms with Gasteiger partial charge in [-0.1, -0.05) is 30.3 Å². The minimum atomic E-state index is -0.240. The second-order valence-electron chi connectivity index (χ2n) is 6.88. The number of methoxy groups -OCH3 is 1. The summed E-state index contributed by atoms with van der Waals surface area (Å²) < 4.78 is 11.3. The van der Waals surface area contributed by atoms with E-state index in [9.17, 15) is 9.59 Å². The molecule has 2 amide bonds. The highest BCUT2D eigenvalue weighted by molar-refractivity contribution is 5.97. The van der Waals surface area contributed by atoms with Crippen molar-refractivity contribution in [2.75, 3.05) is 36.2 Å². The van der Waals surface area contributed by atoms with Crippen molar-refractivity contribution in [2.24, 2.45) is 0 Å². The number of nitrogens with one attached hydrogen (secondary N) is 2. The molecule has 3 aromatic rings. The second-order valence-corrected chi connectivity index (χ2v) is 6.88. The zero-order valence-corrected chi connectivity index (χ0v) is 17.7. The van der Waals surface area contributed by atoms with Crippen LogP contribution in [0, 0.1) is 0 Å². The van der Waals surface area contributed by atoms with Crippen LogP contribution < -0.4 is 25.0 Å². The molecule has 0 radical (unpaired) electrons. The summed E-state index contributed by atoms with van der Waals surface area (Å²) in [6.07, 6.45) is 0. The van der Waals surface area contributed by atoms with Crippen molar-refractivity contribution >= 4 is 28.9 Å². The molecule has 0 aliphatic rings. The van der Waals surface area contributed by atoms with Gasteiger partial charge in [-0.05, 0) is 42.5 Å². The van der Waals surface area contributed by atoms with Gasteiger partial charge in [0, 0.05) is 19.7 Å². The first-order valence-corrected chi connectivity index (χ1v) is 9.75. The molecule has 0 atom stereocenters. The highest BCUT2D eigenvalue weighted by Gasteiger charge is 2.15. The van der Waals surface area contributed by atoms with Crippen molar-refractivity contribution in [3.8, 4) is 17.2 Å². The average Bonchev–Trinajstić information content (AvgIpc) is 2.74. The fourth-order valence-corrected chi connectivity index (χ4v) is 3.05. The molecule has 0 heterocycles. The second kappa shape index (κ2) is 10.2. The predicted octanol–water partition coefficient (Wildman–Crippen LogP) is 4.52. The maximum Gasteiger partial charge on any atom is 0.243 e. The fraction of sp³-hybridized carbons (Fsp3) is 0.167. The predicted molar refractivity (Wildman–Crippen MR) is 122 cm³/mol. The number of benzene rings is 3. The Bertz CT molecular complexity index is 1050. The van der Waals surface area contributed by atoms with Gasteiger partial charge in [0.1, 0.15) is 11.5 Å². The van der Waals surface area contributed by atoms with Crippen molar-refractivity contribution in [3.63, 3.8) is 0 Å². The van der Waals surface area contributed by atoms with Gasteiger partial charge in [-0.3, -0.25) is 9.59 Å². The molecule has 0 saturated carbocycles. The summed E-state index contributed by atoms with van der Waals surface area (Å²) in [5, 5.41) is 5.54. The van der Waals surface area contributed by atoms with Crippen LogP contribution >= 0.6 is 0 Å². The highest BCUT2D eigenvalue weighted by atomic mass is 16.5. The molecule has 0 aromatic heterocycles. The maximum atomic E-state index is 12.7. The zero-order chi connectivity index (χ0) is 22.2. The summed E-state index contributed by atoms with van der Waals surface area (Å²) in [6.45, 7) is 1.51. The number of nitrogens with zero attached hydrogens (tertiary/aromatic N) is 1. The highest BCUT2D eigenvalue weighted by Crippen LogP contribution is 2.32. The Labute approximate surface area is 181 Å². The van der Waals surface area contributed by atoms with Crippen molar-refractivity contribution in [1.82, 2.24) is 0 Å². The van der Waals surface area contributed by atoms with Crippen molar-refractivity contribution in [1.29, 1.82) is 0 Å². The summed E-state index contributed by atoms with van der Waals surface area (Å²) >= 11 is 0. The van der Waals surface area contributed by atoms with E-state index >= 15 is 0 Å². The summed E-state index contributed by atoms with van der Waals surface area (Å²) in [6, 6.07) is 22.0. The van der Waals surface area contributed by atoms with Crippen LogP contribution in [0.15, 0.2) is 72.8 Å². The van der Waals surface area contributed by atoms with E-state index in [-0.39, 0.29) is 18.4 Å². The Hall–Kier alpha value is -4.00. The standard InChI is InChI=1S/C24H25N3O4/c1-17(28)25-18-13-14-22(30-3)20(15-18)26-24(29)16-27(2)21-11-7-8-12-23(21)31-19-9-5-4-6-10-19/h4-15H,16H2,1-3H3,(H,25,28)(H,26,29). The monoisotopic (exact) mass is 419 g/mol. The van der Waals surface area contributed by atoms with E-state index in [1.54, 1.807) is 23.1 Å². The van der Waals surface area contributed by atoms with Crippen LogP contribution in [0.1, 0.15) is 6.92 Å². The van der Waals surface area contributed by atoms with Gasteiger partial charge < -0.3 is 25.0 Å². The molecule has 7 heteroatoms. The topological polar surface area (TPSA) is 79.9 Å². The van der Waals surface area contributed by atoms with Crippen LogP contribution in [0.3, 0.4) is 0 Å². The largest absolute Gasteiger partial charge is 0.495 e. The molecule has 0 fully saturated rings. The number of carbonyl (C=O) groups excluding carboxylic acids is 2. The van der Waals surface area contributed by atoms with Crippen LogP contribution in [0.4, 0.5) is 17.1 Å². The minimum absolute atomic E-state index is 0.0860. The van der Waals surface area contributed by atoms with Gasteiger partial charge in [-0.2, -0.15) is 0 Å². The number of hydrogen-bond acceptors (Lipinski definition) is 5. The van der Waals surface area contributed by atoms with Gasteiger partial charge in [-0.15, -0.1) is 0 Å². The summed E-state index contributed by atoms with van der Waals surface area (Å²) in [5.41, 5.74) is 1.82. The Morgan fingerprint density at radius 1 is 0.903 bits per heavy atom. The first-order valence-electron chi connectivity index (χ1n) is 9.75. The minimum Gasteiger partial charge on any atom is -0.495 e. The number of para-hydroxylation sites is 3. The molecule has 3 aromatic carbocycles. The van der Waals surface area contributed by atoms with Gasteiger partial charge in [0.2, 0.25) is 11.8 Å². The van der Waals surface area contributed by atoms with Crippen molar-refractivity contribution in [3.05, 3.63) is 72.8 Å². The number of rotatable bonds is 8. The maximum absolute atomic E-state index is 12.7. The van der Waals surface area contributed by atoms with E-state index in [0.717, 1.165) is 5.69 Å². The third-order valence-electron chi connectivity index (χ3n) is 4.42. The number of amides is 2. The molecule has 160 valence electrons. The van der Waals surface area contributed by atoms with Crippen LogP contribution in [-0.2, 0) is 9.59 Å². The molecular formula is C24H25N3O4. The van der Waals surface area contributed by atoms with Crippen LogP contribution in [0.25, 0.3) is 0 Å². The van der Waals surface area contributed by atoms with Crippen LogP contribution in [0.5, 0.6) is 17.2 Å². The quantitative estimate of drug-likeness (QED) is 0.561. The molecule has 31 heavy (non-hydrogen) atoms. The molecule has 0 spiro atoms. The lowest BCUT2D eigenvalue weighted by Crippen LogP contribution is -2.30. The Morgan fingerprint density at radius 2 is 1.61 bits per heavy atom. The van der Waals surface area contributed by atoms with E-state index in [1.807, 2.05) is 61.6 Å². The number of ether oxygens (including phenoxy) is 2. The third kappa shape index (κ3) is 5.99.